The SMILES string of the molecule is COc1ccc(Cc2c(C)nc(C)nc2N2CCCN(C(=O)C3CCCC3)CC2)cc1. The molecule has 6 heteroatoms. The highest BCUT2D eigenvalue weighted by atomic mass is 16.5. The average Bonchev–Trinajstić information content (AvgIpc) is 3.20. The highest BCUT2D eigenvalue weighted by Crippen LogP contribution is 2.29. The summed E-state index contributed by atoms with van der Waals surface area (Å²) in [5.41, 5.74) is 3.42. The second kappa shape index (κ2) is 9.67. The summed E-state index contributed by atoms with van der Waals surface area (Å²) >= 11 is 0. The van der Waals surface area contributed by atoms with Crippen molar-refractivity contribution in [1.29, 1.82) is 0 Å². The maximum absolute atomic E-state index is 12.9. The van der Waals surface area contributed by atoms with E-state index in [2.05, 4.69) is 33.8 Å². The van der Waals surface area contributed by atoms with E-state index in [1.165, 1.54) is 24.0 Å². The lowest BCUT2D eigenvalue weighted by molar-refractivity contribution is -0.135. The van der Waals surface area contributed by atoms with E-state index in [9.17, 15) is 4.79 Å². The fourth-order valence-corrected chi connectivity index (χ4v) is 4.91. The van der Waals surface area contributed by atoms with Crippen LogP contribution < -0.4 is 9.64 Å². The third kappa shape index (κ3) is 5.00. The van der Waals surface area contributed by atoms with E-state index in [4.69, 9.17) is 9.72 Å². The number of carbonyl (C=O) groups excluding carboxylic acids is 1. The molecule has 1 saturated carbocycles. The Balaban J connectivity index is 1.53. The summed E-state index contributed by atoms with van der Waals surface area (Å²) in [6, 6.07) is 8.20. The topological polar surface area (TPSA) is 58.6 Å². The van der Waals surface area contributed by atoms with Gasteiger partial charge in [0.25, 0.3) is 0 Å². The smallest absolute Gasteiger partial charge is 0.225 e. The molecule has 1 aromatic heterocycles. The van der Waals surface area contributed by atoms with Crippen LogP contribution in [0.25, 0.3) is 0 Å². The summed E-state index contributed by atoms with van der Waals surface area (Å²) < 4.78 is 5.29. The Morgan fingerprint density at radius 1 is 1.00 bits per heavy atom. The summed E-state index contributed by atoms with van der Waals surface area (Å²) in [5, 5.41) is 0. The molecule has 0 bridgehead atoms. The number of hydrogen-bond acceptors (Lipinski definition) is 5. The van der Waals surface area contributed by atoms with E-state index in [-0.39, 0.29) is 5.92 Å². The van der Waals surface area contributed by atoms with E-state index < -0.39 is 0 Å². The van der Waals surface area contributed by atoms with E-state index >= 15 is 0 Å². The van der Waals surface area contributed by atoms with Gasteiger partial charge in [0.15, 0.2) is 0 Å². The zero-order valence-corrected chi connectivity index (χ0v) is 19.1. The first-order valence-corrected chi connectivity index (χ1v) is 11.6. The molecule has 0 spiro atoms. The molecule has 2 heterocycles. The number of anilines is 1. The number of hydrogen-bond donors (Lipinski definition) is 0. The second-order valence-corrected chi connectivity index (χ2v) is 8.83. The zero-order chi connectivity index (χ0) is 21.8. The average molecular weight is 423 g/mol. The summed E-state index contributed by atoms with van der Waals surface area (Å²) in [6.45, 7) is 7.40. The lowest BCUT2D eigenvalue weighted by atomic mass is 10.0. The molecule has 2 aromatic rings. The minimum atomic E-state index is 0.251. The molecule has 31 heavy (non-hydrogen) atoms. The van der Waals surface area contributed by atoms with Gasteiger partial charge in [-0.25, -0.2) is 9.97 Å². The normalized spacial score (nSPS) is 17.6. The molecule has 2 aliphatic rings. The van der Waals surface area contributed by atoms with Crippen LogP contribution in [0.5, 0.6) is 5.75 Å². The molecular weight excluding hydrogens is 388 g/mol. The molecular formula is C25H34N4O2. The zero-order valence-electron chi connectivity index (χ0n) is 19.1. The number of aryl methyl sites for hydroxylation is 2. The van der Waals surface area contributed by atoms with Crippen LogP contribution >= 0.6 is 0 Å². The van der Waals surface area contributed by atoms with Crippen LogP contribution in [0.4, 0.5) is 5.82 Å². The summed E-state index contributed by atoms with van der Waals surface area (Å²) in [7, 11) is 1.69. The lowest BCUT2D eigenvalue weighted by Gasteiger charge is -2.26. The third-order valence-electron chi connectivity index (χ3n) is 6.66. The minimum Gasteiger partial charge on any atom is -0.497 e. The Kier molecular flexibility index (Phi) is 6.73. The number of ether oxygens (including phenoxy) is 1. The van der Waals surface area contributed by atoms with Crippen molar-refractivity contribution in [3.05, 3.63) is 46.9 Å². The maximum Gasteiger partial charge on any atom is 0.225 e. The molecule has 0 atom stereocenters. The predicted molar refractivity (Wildman–Crippen MR) is 123 cm³/mol. The van der Waals surface area contributed by atoms with Gasteiger partial charge >= 0.3 is 0 Å². The van der Waals surface area contributed by atoms with E-state index in [1.807, 2.05) is 19.1 Å². The first-order chi connectivity index (χ1) is 15.0. The van der Waals surface area contributed by atoms with Crippen molar-refractivity contribution in [3.63, 3.8) is 0 Å². The van der Waals surface area contributed by atoms with Crippen LogP contribution in [0.1, 0.15) is 54.7 Å². The van der Waals surface area contributed by atoms with Crippen molar-refractivity contribution >= 4 is 11.7 Å². The van der Waals surface area contributed by atoms with Crippen molar-refractivity contribution < 1.29 is 9.53 Å². The van der Waals surface area contributed by atoms with Crippen molar-refractivity contribution in [1.82, 2.24) is 14.9 Å². The lowest BCUT2D eigenvalue weighted by Crippen LogP contribution is -2.38. The van der Waals surface area contributed by atoms with Crippen LogP contribution in [0.15, 0.2) is 24.3 Å². The summed E-state index contributed by atoms with van der Waals surface area (Å²) in [4.78, 5) is 26.9. The summed E-state index contributed by atoms with van der Waals surface area (Å²) in [5.74, 6) is 3.30. The molecule has 0 unspecified atom stereocenters. The number of carbonyl (C=O) groups is 1. The number of methoxy groups -OCH3 is 1. The molecule has 1 aromatic carbocycles. The van der Waals surface area contributed by atoms with Gasteiger partial charge in [-0.15, -0.1) is 0 Å². The van der Waals surface area contributed by atoms with Gasteiger partial charge in [-0.05, 0) is 50.8 Å². The Morgan fingerprint density at radius 3 is 2.45 bits per heavy atom. The van der Waals surface area contributed by atoms with Gasteiger partial charge < -0.3 is 14.5 Å². The van der Waals surface area contributed by atoms with Crippen LogP contribution in [-0.2, 0) is 11.2 Å². The standard InChI is InChI=1S/C25H34N4O2/c1-18-23(17-20-9-11-22(31-3)12-10-20)24(27-19(2)26-18)28-13-6-14-29(16-15-28)25(30)21-7-4-5-8-21/h9-12,21H,4-8,13-17H2,1-3H3. The molecule has 1 aliphatic heterocycles. The van der Waals surface area contributed by atoms with E-state index in [0.717, 1.165) is 74.9 Å². The Bertz CT molecular complexity index is 906. The van der Waals surface area contributed by atoms with Crippen LogP contribution in [0, 0.1) is 19.8 Å². The van der Waals surface area contributed by atoms with Gasteiger partial charge in [-0.3, -0.25) is 4.79 Å². The van der Waals surface area contributed by atoms with Crippen molar-refractivity contribution in [3.8, 4) is 5.75 Å². The van der Waals surface area contributed by atoms with E-state index in [0.29, 0.717) is 5.91 Å². The van der Waals surface area contributed by atoms with Gasteiger partial charge in [0, 0.05) is 49.8 Å². The van der Waals surface area contributed by atoms with Crippen LogP contribution in [0.2, 0.25) is 0 Å². The van der Waals surface area contributed by atoms with Gasteiger partial charge in [0.05, 0.1) is 7.11 Å². The predicted octanol–water partition coefficient (Wildman–Crippen LogP) is 3.92. The number of benzene rings is 1. The second-order valence-electron chi connectivity index (χ2n) is 8.83. The van der Waals surface area contributed by atoms with Crippen molar-refractivity contribution in [2.45, 2.75) is 52.4 Å². The van der Waals surface area contributed by atoms with E-state index in [1.54, 1.807) is 7.11 Å². The third-order valence-corrected chi connectivity index (χ3v) is 6.66. The molecule has 2 fully saturated rings. The number of aromatic nitrogens is 2. The quantitative estimate of drug-likeness (QED) is 0.731. The molecule has 0 radical (unpaired) electrons. The molecule has 4 rings (SSSR count). The van der Waals surface area contributed by atoms with Gasteiger partial charge in [-0.1, -0.05) is 25.0 Å². The largest absolute Gasteiger partial charge is 0.497 e. The minimum absolute atomic E-state index is 0.251. The maximum atomic E-state index is 12.9. The van der Waals surface area contributed by atoms with Crippen molar-refractivity contribution in [2.24, 2.45) is 5.92 Å². The molecule has 1 aliphatic carbocycles. The fourth-order valence-electron chi connectivity index (χ4n) is 4.91. The first-order valence-electron chi connectivity index (χ1n) is 11.6. The Morgan fingerprint density at radius 2 is 1.74 bits per heavy atom. The highest BCUT2D eigenvalue weighted by Gasteiger charge is 2.29. The molecule has 6 nitrogen and oxygen atoms in total. The van der Waals surface area contributed by atoms with Gasteiger partial charge in [0.2, 0.25) is 5.91 Å². The molecule has 1 saturated heterocycles. The number of nitrogens with zero attached hydrogens (tertiary/aromatic N) is 4. The van der Waals surface area contributed by atoms with Crippen LogP contribution in [-0.4, -0.2) is 54.1 Å². The first kappa shape index (κ1) is 21.6. The summed E-state index contributed by atoms with van der Waals surface area (Å²) in [6.07, 6.45) is 6.29. The van der Waals surface area contributed by atoms with Crippen LogP contribution in [0.3, 0.4) is 0 Å². The molecule has 1 amide bonds. The van der Waals surface area contributed by atoms with Gasteiger partial charge in [0.1, 0.15) is 17.4 Å². The molecule has 0 N–H and O–H groups in total. The fraction of sp³-hybridized carbons (Fsp3) is 0.560. The number of amides is 1. The Labute approximate surface area is 185 Å². The Hall–Kier alpha value is -2.63. The molecule has 166 valence electrons. The monoisotopic (exact) mass is 422 g/mol. The van der Waals surface area contributed by atoms with Gasteiger partial charge in [-0.2, -0.15) is 0 Å². The number of rotatable bonds is 5. The van der Waals surface area contributed by atoms with Crippen molar-refractivity contribution in [2.75, 3.05) is 38.2 Å². The highest BCUT2D eigenvalue weighted by molar-refractivity contribution is 5.79.